The maximum Gasteiger partial charge on any atom is 0.268 e. The highest BCUT2D eigenvalue weighted by Gasteiger charge is 2.23. The average Bonchev–Trinajstić information content (AvgIpc) is 3.15. The number of hydrogen-bond donors (Lipinski definition) is 2. The van der Waals surface area contributed by atoms with Crippen LogP contribution in [0.15, 0.2) is 24.3 Å². The molecule has 0 saturated carbocycles. The van der Waals surface area contributed by atoms with E-state index < -0.39 is 20.0 Å². The number of unbranched alkanes of at least 4 members (excludes halogenated alkanes) is 28. The number of phosphoric acid groups is 1. The highest BCUT2D eigenvalue weighted by molar-refractivity contribution is 7.45. The number of nitrogens with one attached hydrogen (secondary N) is 1. The molecule has 0 aromatic carbocycles. The van der Waals surface area contributed by atoms with Crippen LogP contribution in [0.2, 0.25) is 0 Å². The largest absolute Gasteiger partial charge is 0.756 e. The number of quaternary nitrogens is 1. The number of aliphatic hydroxyl groups is 1. The molecular weight excluding hydrogens is 719 g/mol. The molecule has 0 fully saturated rings. The Bertz CT molecular complexity index is 969. The van der Waals surface area contributed by atoms with Gasteiger partial charge >= 0.3 is 0 Å². The van der Waals surface area contributed by atoms with Crippen LogP contribution in [0, 0.1) is 0 Å². The van der Waals surface area contributed by atoms with Gasteiger partial charge in [0, 0.05) is 6.42 Å². The lowest BCUT2D eigenvalue weighted by Gasteiger charge is -2.29. The fourth-order valence-electron chi connectivity index (χ4n) is 6.87. The summed E-state index contributed by atoms with van der Waals surface area (Å²) in [6, 6.07) is -0.896. The van der Waals surface area contributed by atoms with Gasteiger partial charge in [0.05, 0.1) is 39.9 Å². The molecule has 0 heterocycles. The monoisotopic (exact) mass is 813 g/mol. The summed E-state index contributed by atoms with van der Waals surface area (Å²) in [4.78, 5) is 25.1. The van der Waals surface area contributed by atoms with Crippen LogP contribution < -0.4 is 10.2 Å². The van der Waals surface area contributed by atoms with E-state index >= 15 is 0 Å². The zero-order valence-electron chi connectivity index (χ0n) is 37.6. The Labute approximate surface area is 347 Å². The molecule has 0 bridgehead atoms. The smallest absolute Gasteiger partial charge is 0.268 e. The van der Waals surface area contributed by atoms with Gasteiger partial charge in [-0.05, 0) is 32.1 Å². The zero-order chi connectivity index (χ0) is 41.4. The molecule has 1 amide bonds. The third-order valence-electron chi connectivity index (χ3n) is 10.7. The van der Waals surface area contributed by atoms with E-state index in [4.69, 9.17) is 9.05 Å². The first-order valence-corrected chi connectivity index (χ1v) is 25.2. The molecule has 3 unspecified atom stereocenters. The van der Waals surface area contributed by atoms with E-state index in [1.807, 2.05) is 27.2 Å². The lowest BCUT2D eigenvalue weighted by molar-refractivity contribution is -0.870. The second-order valence-corrected chi connectivity index (χ2v) is 18.9. The summed E-state index contributed by atoms with van der Waals surface area (Å²) < 4.78 is 23.1. The zero-order valence-corrected chi connectivity index (χ0v) is 38.5. The van der Waals surface area contributed by atoms with Crippen molar-refractivity contribution < 1.29 is 32.9 Å². The molecule has 0 radical (unpaired) electrons. The highest BCUT2D eigenvalue weighted by Crippen LogP contribution is 2.38. The Morgan fingerprint density at radius 2 is 1.00 bits per heavy atom. The molecule has 332 valence electrons. The molecule has 3 atom stereocenters. The Morgan fingerprint density at radius 3 is 1.45 bits per heavy atom. The normalized spacial score (nSPS) is 14.5. The number of rotatable bonds is 43. The Morgan fingerprint density at radius 1 is 0.607 bits per heavy atom. The molecule has 0 aromatic rings. The molecule has 0 aliphatic heterocycles. The van der Waals surface area contributed by atoms with Gasteiger partial charge in [-0.3, -0.25) is 9.36 Å². The number of allylic oxidation sites excluding steroid dienone is 3. The van der Waals surface area contributed by atoms with Gasteiger partial charge < -0.3 is 28.8 Å². The van der Waals surface area contributed by atoms with Crippen molar-refractivity contribution in [3.05, 3.63) is 24.3 Å². The summed E-state index contributed by atoms with van der Waals surface area (Å²) >= 11 is 0. The molecule has 8 nitrogen and oxygen atoms in total. The van der Waals surface area contributed by atoms with Crippen molar-refractivity contribution in [3.63, 3.8) is 0 Å². The van der Waals surface area contributed by atoms with Crippen molar-refractivity contribution in [3.8, 4) is 0 Å². The number of nitrogens with zero attached hydrogens (tertiary/aromatic N) is 1. The molecule has 0 rings (SSSR count). The summed E-state index contributed by atoms with van der Waals surface area (Å²) in [6.45, 7) is 4.60. The van der Waals surface area contributed by atoms with E-state index in [1.54, 1.807) is 6.08 Å². The second-order valence-electron chi connectivity index (χ2n) is 17.5. The maximum atomic E-state index is 12.7. The minimum Gasteiger partial charge on any atom is -0.756 e. The quantitative estimate of drug-likeness (QED) is 0.0275. The molecule has 0 aromatic heterocycles. The van der Waals surface area contributed by atoms with Crippen molar-refractivity contribution >= 4 is 13.7 Å². The van der Waals surface area contributed by atoms with Crippen LogP contribution in [-0.2, 0) is 18.4 Å². The maximum absolute atomic E-state index is 12.7. The number of phosphoric ester groups is 1. The summed E-state index contributed by atoms with van der Waals surface area (Å²) in [5.74, 6) is -0.211. The van der Waals surface area contributed by atoms with Gasteiger partial charge in [0.25, 0.3) is 7.82 Å². The number of carbonyl (C=O) groups is 1. The molecule has 9 heteroatoms. The highest BCUT2D eigenvalue weighted by atomic mass is 31.2. The molecule has 0 aliphatic carbocycles. The summed E-state index contributed by atoms with van der Waals surface area (Å²) in [7, 11) is 1.25. The minimum atomic E-state index is -4.59. The van der Waals surface area contributed by atoms with Crippen LogP contribution >= 0.6 is 7.82 Å². The third kappa shape index (κ3) is 41.2. The van der Waals surface area contributed by atoms with Crippen LogP contribution in [0.1, 0.15) is 219 Å². The van der Waals surface area contributed by atoms with E-state index in [9.17, 15) is 19.4 Å². The third-order valence-corrected chi connectivity index (χ3v) is 11.6. The molecule has 0 saturated heterocycles. The first kappa shape index (κ1) is 55.0. The van der Waals surface area contributed by atoms with Crippen LogP contribution in [0.25, 0.3) is 0 Å². The van der Waals surface area contributed by atoms with E-state index in [-0.39, 0.29) is 19.1 Å². The van der Waals surface area contributed by atoms with Crippen molar-refractivity contribution in [1.29, 1.82) is 0 Å². The van der Waals surface area contributed by atoms with E-state index in [1.165, 1.54) is 161 Å². The Hall–Kier alpha value is -1.02. The summed E-state index contributed by atoms with van der Waals surface area (Å²) in [5, 5.41) is 13.7. The van der Waals surface area contributed by atoms with Gasteiger partial charge in [0.15, 0.2) is 0 Å². The van der Waals surface area contributed by atoms with Crippen LogP contribution in [0.4, 0.5) is 0 Å². The molecule has 56 heavy (non-hydrogen) atoms. The number of carbonyl (C=O) groups excluding carboxylic acids is 1. The van der Waals surface area contributed by atoms with Crippen LogP contribution in [-0.4, -0.2) is 68.5 Å². The summed E-state index contributed by atoms with van der Waals surface area (Å²) in [5.41, 5.74) is 0. The van der Waals surface area contributed by atoms with Crippen molar-refractivity contribution in [2.45, 2.75) is 231 Å². The van der Waals surface area contributed by atoms with E-state index in [2.05, 4.69) is 31.3 Å². The molecule has 2 N–H and O–H groups in total. The van der Waals surface area contributed by atoms with Gasteiger partial charge in [0.2, 0.25) is 5.91 Å². The van der Waals surface area contributed by atoms with Crippen molar-refractivity contribution in [1.82, 2.24) is 5.32 Å². The number of aliphatic hydroxyl groups excluding tert-OH is 1. The van der Waals surface area contributed by atoms with Gasteiger partial charge in [-0.15, -0.1) is 0 Å². The number of likely N-dealkylation sites (N-methyl/N-ethyl adjacent to an activating group) is 1. The van der Waals surface area contributed by atoms with Gasteiger partial charge in [-0.2, -0.15) is 0 Å². The Kier molecular flexibility index (Phi) is 38.7. The first-order valence-electron chi connectivity index (χ1n) is 23.7. The predicted octanol–water partition coefficient (Wildman–Crippen LogP) is 12.7. The minimum absolute atomic E-state index is 0.00465. The molecule has 0 aliphatic rings. The number of hydrogen-bond acceptors (Lipinski definition) is 6. The standard InChI is InChI=1S/C47H93N2O6P/c1-6-8-10-12-14-16-17-18-19-20-21-22-23-24-25-26-27-28-29-30-31-32-33-34-36-38-40-46(50)45(44-55-56(52,53)54-43-42-49(3,4)5)48-47(51)41-39-37-35-15-13-11-9-7-2/h32-33,38,40,45-46,50H,6-31,34-37,39,41-44H2,1-5H3,(H-,48,51,52,53)/b33-32+,40-38+. The van der Waals surface area contributed by atoms with Crippen molar-refractivity contribution in [2.24, 2.45) is 0 Å². The molecular formula is C47H93N2O6P. The van der Waals surface area contributed by atoms with E-state index in [0.717, 1.165) is 38.5 Å². The topological polar surface area (TPSA) is 108 Å². The van der Waals surface area contributed by atoms with Crippen LogP contribution in [0.3, 0.4) is 0 Å². The second kappa shape index (κ2) is 39.4. The fraction of sp³-hybridized carbons (Fsp3) is 0.894. The Balaban J connectivity index is 4.18. The lowest BCUT2D eigenvalue weighted by Crippen LogP contribution is -2.45. The summed E-state index contributed by atoms with van der Waals surface area (Å²) in [6.07, 6.45) is 46.9. The lowest BCUT2D eigenvalue weighted by atomic mass is 10.0. The average molecular weight is 813 g/mol. The molecule has 0 spiro atoms. The van der Waals surface area contributed by atoms with Gasteiger partial charge in [-0.1, -0.05) is 205 Å². The fourth-order valence-corrected chi connectivity index (χ4v) is 7.60. The van der Waals surface area contributed by atoms with E-state index in [0.29, 0.717) is 17.4 Å². The number of amides is 1. The van der Waals surface area contributed by atoms with Gasteiger partial charge in [0.1, 0.15) is 13.2 Å². The van der Waals surface area contributed by atoms with Crippen molar-refractivity contribution in [2.75, 3.05) is 40.9 Å². The SMILES string of the molecule is CCCCCCCCCCCCCCCCCCCCCC/C=C/CC/C=C/C(O)C(COP(=O)([O-])OCC[N+](C)(C)C)NC(=O)CCCCCCCCCC. The predicted molar refractivity (Wildman–Crippen MR) is 238 cm³/mol. The first-order chi connectivity index (χ1) is 27.0. The van der Waals surface area contributed by atoms with Gasteiger partial charge in [-0.25, -0.2) is 0 Å². The van der Waals surface area contributed by atoms with Crippen LogP contribution in [0.5, 0.6) is 0 Å².